The second-order valence-electron chi connectivity index (χ2n) is 4.15. The van der Waals surface area contributed by atoms with Crippen LogP contribution in [0.4, 0.5) is 0 Å². The Morgan fingerprint density at radius 1 is 1.47 bits per heavy atom. The number of rotatable bonds is 4. The number of hydrogen-bond donors (Lipinski definition) is 0. The predicted molar refractivity (Wildman–Crippen MR) is 61.4 cm³/mol. The van der Waals surface area contributed by atoms with Crippen LogP contribution in [0.5, 0.6) is 0 Å². The summed E-state index contributed by atoms with van der Waals surface area (Å²) < 4.78 is 0. The van der Waals surface area contributed by atoms with E-state index in [1.165, 1.54) is 11.1 Å². The van der Waals surface area contributed by atoms with Crippen molar-refractivity contribution in [2.45, 2.75) is 39.5 Å². The SMILES string of the molecule is CCC(C)C(CC#N)c1cncc(C)c1. The van der Waals surface area contributed by atoms with Gasteiger partial charge in [-0.05, 0) is 24.0 Å². The number of pyridine rings is 1. The molecule has 80 valence electrons. The molecule has 2 nitrogen and oxygen atoms in total. The largest absolute Gasteiger partial charge is 0.264 e. The Hall–Kier alpha value is -1.36. The minimum Gasteiger partial charge on any atom is -0.264 e. The Kier molecular flexibility index (Phi) is 4.30. The zero-order valence-corrected chi connectivity index (χ0v) is 9.70. The lowest BCUT2D eigenvalue weighted by Gasteiger charge is -2.20. The fourth-order valence-corrected chi connectivity index (χ4v) is 1.81. The standard InChI is InChI=1S/C13H18N2/c1-4-11(3)13(5-6-14)12-7-10(2)8-15-9-12/h7-9,11,13H,4-5H2,1-3H3. The summed E-state index contributed by atoms with van der Waals surface area (Å²) in [5, 5.41) is 8.84. The van der Waals surface area contributed by atoms with Crippen LogP contribution in [0.15, 0.2) is 18.5 Å². The molecule has 2 heteroatoms. The average molecular weight is 202 g/mol. The van der Waals surface area contributed by atoms with Gasteiger partial charge < -0.3 is 0 Å². The van der Waals surface area contributed by atoms with Gasteiger partial charge in [0.25, 0.3) is 0 Å². The molecule has 0 aliphatic rings. The van der Waals surface area contributed by atoms with E-state index in [1.807, 2.05) is 19.3 Å². The monoisotopic (exact) mass is 202 g/mol. The van der Waals surface area contributed by atoms with Gasteiger partial charge >= 0.3 is 0 Å². The van der Waals surface area contributed by atoms with E-state index in [4.69, 9.17) is 5.26 Å². The van der Waals surface area contributed by atoms with Crippen LogP contribution in [0.3, 0.4) is 0 Å². The molecule has 15 heavy (non-hydrogen) atoms. The molecule has 1 aromatic heterocycles. The van der Waals surface area contributed by atoms with E-state index < -0.39 is 0 Å². The quantitative estimate of drug-likeness (QED) is 0.750. The van der Waals surface area contributed by atoms with Crippen LogP contribution in [0.1, 0.15) is 43.7 Å². The van der Waals surface area contributed by atoms with Crippen LogP contribution < -0.4 is 0 Å². The van der Waals surface area contributed by atoms with Gasteiger partial charge in [0.15, 0.2) is 0 Å². The number of hydrogen-bond acceptors (Lipinski definition) is 2. The molecule has 1 aromatic rings. The lowest BCUT2D eigenvalue weighted by molar-refractivity contribution is 0.450. The minimum atomic E-state index is 0.326. The summed E-state index contributed by atoms with van der Waals surface area (Å²) in [4.78, 5) is 4.19. The fraction of sp³-hybridized carbons (Fsp3) is 0.538. The molecule has 0 amide bonds. The van der Waals surface area contributed by atoms with E-state index in [-0.39, 0.29) is 0 Å². The maximum Gasteiger partial charge on any atom is 0.0628 e. The van der Waals surface area contributed by atoms with Gasteiger partial charge in [-0.2, -0.15) is 5.26 Å². The first-order valence-electron chi connectivity index (χ1n) is 5.47. The summed E-state index contributed by atoms with van der Waals surface area (Å²) in [5.74, 6) is 0.862. The zero-order valence-electron chi connectivity index (χ0n) is 9.70. The fourth-order valence-electron chi connectivity index (χ4n) is 1.81. The molecular weight excluding hydrogens is 184 g/mol. The average Bonchev–Trinajstić information content (AvgIpc) is 2.25. The number of nitrogens with zero attached hydrogens (tertiary/aromatic N) is 2. The lowest BCUT2D eigenvalue weighted by Crippen LogP contribution is -2.09. The zero-order chi connectivity index (χ0) is 11.3. The predicted octanol–water partition coefficient (Wildman–Crippen LogP) is 3.43. The molecule has 0 spiro atoms. The molecule has 0 aliphatic carbocycles. The molecule has 1 rings (SSSR count). The Morgan fingerprint density at radius 2 is 2.20 bits per heavy atom. The first kappa shape index (κ1) is 11.7. The third-order valence-electron chi connectivity index (χ3n) is 2.97. The summed E-state index contributed by atoms with van der Waals surface area (Å²) in [5.41, 5.74) is 2.37. The van der Waals surface area contributed by atoms with E-state index in [1.54, 1.807) is 0 Å². The molecule has 0 saturated carbocycles. The summed E-state index contributed by atoms with van der Waals surface area (Å²) in [6.07, 6.45) is 5.42. The van der Waals surface area contributed by atoms with Crippen molar-refractivity contribution in [1.82, 2.24) is 4.98 Å². The van der Waals surface area contributed by atoms with E-state index in [2.05, 4.69) is 31.0 Å². The molecular formula is C13H18N2. The summed E-state index contributed by atoms with van der Waals surface area (Å²) in [6, 6.07) is 4.41. The lowest BCUT2D eigenvalue weighted by atomic mass is 9.84. The van der Waals surface area contributed by atoms with Gasteiger partial charge in [-0.25, -0.2) is 0 Å². The Morgan fingerprint density at radius 3 is 2.73 bits per heavy atom. The van der Waals surface area contributed by atoms with Gasteiger partial charge in [0.2, 0.25) is 0 Å². The summed E-state index contributed by atoms with van der Waals surface area (Å²) in [7, 11) is 0. The third kappa shape index (κ3) is 3.06. The minimum absolute atomic E-state index is 0.326. The third-order valence-corrected chi connectivity index (χ3v) is 2.97. The van der Waals surface area contributed by atoms with Crippen molar-refractivity contribution < 1.29 is 0 Å². The van der Waals surface area contributed by atoms with E-state index >= 15 is 0 Å². The van der Waals surface area contributed by atoms with Crippen LogP contribution in [0, 0.1) is 24.2 Å². The van der Waals surface area contributed by atoms with Crippen LogP contribution in [0.2, 0.25) is 0 Å². The first-order chi connectivity index (χ1) is 7.19. The molecule has 0 aliphatic heterocycles. The van der Waals surface area contributed by atoms with E-state index in [0.717, 1.165) is 6.42 Å². The van der Waals surface area contributed by atoms with Crippen molar-refractivity contribution in [1.29, 1.82) is 5.26 Å². The van der Waals surface area contributed by atoms with Gasteiger partial charge in [0.05, 0.1) is 6.07 Å². The van der Waals surface area contributed by atoms with Gasteiger partial charge in [-0.3, -0.25) is 4.98 Å². The Bertz CT molecular complexity index is 352. The highest BCUT2D eigenvalue weighted by Crippen LogP contribution is 2.29. The van der Waals surface area contributed by atoms with Gasteiger partial charge in [0.1, 0.15) is 0 Å². The second kappa shape index (κ2) is 5.50. The van der Waals surface area contributed by atoms with Crippen LogP contribution in [0.25, 0.3) is 0 Å². The van der Waals surface area contributed by atoms with Crippen LogP contribution in [-0.4, -0.2) is 4.98 Å². The normalized spacial score (nSPS) is 14.3. The highest BCUT2D eigenvalue weighted by molar-refractivity contribution is 5.22. The molecule has 2 unspecified atom stereocenters. The number of aromatic nitrogens is 1. The first-order valence-corrected chi connectivity index (χ1v) is 5.47. The smallest absolute Gasteiger partial charge is 0.0628 e. The van der Waals surface area contributed by atoms with Gasteiger partial charge in [0, 0.05) is 24.7 Å². The van der Waals surface area contributed by atoms with Gasteiger partial charge in [-0.15, -0.1) is 0 Å². The topological polar surface area (TPSA) is 36.7 Å². The molecule has 2 atom stereocenters. The van der Waals surface area contributed by atoms with Crippen LogP contribution in [-0.2, 0) is 0 Å². The van der Waals surface area contributed by atoms with E-state index in [9.17, 15) is 0 Å². The van der Waals surface area contributed by atoms with Crippen molar-refractivity contribution in [3.63, 3.8) is 0 Å². The molecule has 0 aromatic carbocycles. The second-order valence-corrected chi connectivity index (χ2v) is 4.15. The Labute approximate surface area is 92.0 Å². The summed E-state index contributed by atoms with van der Waals surface area (Å²) >= 11 is 0. The highest BCUT2D eigenvalue weighted by atomic mass is 14.6. The van der Waals surface area contributed by atoms with Crippen molar-refractivity contribution in [3.05, 3.63) is 29.6 Å². The van der Waals surface area contributed by atoms with Gasteiger partial charge in [-0.1, -0.05) is 26.3 Å². The maximum absolute atomic E-state index is 8.84. The molecule has 0 saturated heterocycles. The van der Waals surface area contributed by atoms with Crippen molar-refractivity contribution in [3.8, 4) is 6.07 Å². The maximum atomic E-state index is 8.84. The molecule has 0 N–H and O–H groups in total. The molecule has 0 fully saturated rings. The van der Waals surface area contributed by atoms with Crippen molar-refractivity contribution >= 4 is 0 Å². The molecule has 0 bridgehead atoms. The molecule has 0 radical (unpaired) electrons. The number of nitriles is 1. The van der Waals surface area contributed by atoms with Crippen molar-refractivity contribution in [2.24, 2.45) is 5.92 Å². The molecule has 1 heterocycles. The van der Waals surface area contributed by atoms with Crippen molar-refractivity contribution in [2.75, 3.05) is 0 Å². The Balaban J connectivity index is 2.94. The highest BCUT2D eigenvalue weighted by Gasteiger charge is 2.17. The van der Waals surface area contributed by atoms with E-state index in [0.29, 0.717) is 18.3 Å². The number of aryl methyl sites for hydroxylation is 1. The summed E-state index contributed by atoms with van der Waals surface area (Å²) in [6.45, 7) is 6.40. The van der Waals surface area contributed by atoms with Crippen LogP contribution >= 0.6 is 0 Å².